The Hall–Kier alpha value is -1.23. The van der Waals surface area contributed by atoms with Crippen LogP contribution in [0.25, 0.3) is 0 Å². The van der Waals surface area contributed by atoms with Crippen molar-refractivity contribution in [1.29, 1.82) is 0 Å². The van der Waals surface area contributed by atoms with Crippen molar-refractivity contribution in [2.75, 3.05) is 11.9 Å². The van der Waals surface area contributed by atoms with E-state index in [1.165, 1.54) is 0 Å². The number of hydrogen-bond acceptors (Lipinski definition) is 2. The fraction of sp³-hybridized carbons (Fsp3) is 0.0769. The second-order valence-electron chi connectivity index (χ2n) is 3.51. The molecular formula is C13H12INO. The number of nitrogens with zero attached hydrogens (tertiary/aromatic N) is 1. The normalized spacial score (nSPS) is 17.2. The van der Waals surface area contributed by atoms with Crippen LogP contribution in [0, 0.1) is 0 Å². The monoisotopic (exact) mass is 325 g/mol. The first-order valence-electron chi connectivity index (χ1n) is 4.96. The van der Waals surface area contributed by atoms with Gasteiger partial charge in [-0.05, 0) is 46.9 Å². The Balaban J connectivity index is 2.33. The number of aliphatic hydroxyl groups is 1. The van der Waals surface area contributed by atoms with Crippen molar-refractivity contribution in [3.63, 3.8) is 0 Å². The van der Waals surface area contributed by atoms with Crippen LogP contribution in [0.2, 0.25) is 0 Å². The van der Waals surface area contributed by atoms with Crippen molar-refractivity contribution < 1.29 is 5.11 Å². The molecule has 0 heterocycles. The first kappa shape index (κ1) is 11.3. The van der Waals surface area contributed by atoms with Gasteiger partial charge in [0, 0.05) is 21.9 Å². The number of hydrogen-bond donors (Lipinski definition) is 1. The van der Waals surface area contributed by atoms with Gasteiger partial charge in [0.1, 0.15) is 0 Å². The first-order valence-corrected chi connectivity index (χ1v) is 6.04. The minimum absolute atomic E-state index is 0.278. The van der Waals surface area contributed by atoms with Gasteiger partial charge in [0.2, 0.25) is 0 Å². The van der Waals surface area contributed by atoms with E-state index in [0.717, 1.165) is 14.8 Å². The van der Waals surface area contributed by atoms with E-state index in [0.29, 0.717) is 0 Å². The lowest BCUT2D eigenvalue weighted by Gasteiger charge is -2.19. The predicted octanol–water partition coefficient (Wildman–Crippen LogP) is 3.78. The summed E-state index contributed by atoms with van der Waals surface area (Å²) < 4.78 is 1.05. The van der Waals surface area contributed by atoms with Crippen molar-refractivity contribution in [3.05, 3.63) is 63.6 Å². The summed E-state index contributed by atoms with van der Waals surface area (Å²) in [6.45, 7) is 0. The molecule has 2 nitrogen and oxygen atoms in total. The van der Waals surface area contributed by atoms with Crippen LogP contribution in [-0.4, -0.2) is 12.2 Å². The molecule has 1 aliphatic carbocycles. The molecule has 0 aromatic heterocycles. The summed E-state index contributed by atoms with van der Waals surface area (Å²) in [5.41, 5.74) is 1.84. The van der Waals surface area contributed by atoms with Crippen LogP contribution in [-0.2, 0) is 0 Å². The second kappa shape index (κ2) is 4.74. The van der Waals surface area contributed by atoms with E-state index in [1.807, 2.05) is 55.6 Å². The van der Waals surface area contributed by atoms with E-state index in [1.54, 1.807) is 4.90 Å². The average molecular weight is 325 g/mol. The highest BCUT2D eigenvalue weighted by molar-refractivity contribution is 14.1. The summed E-state index contributed by atoms with van der Waals surface area (Å²) in [5.74, 6) is 0.278. The molecule has 0 amide bonds. The lowest BCUT2D eigenvalue weighted by molar-refractivity contribution is 0.394. The molecule has 0 radical (unpaired) electrons. The average Bonchev–Trinajstić information content (AvgIpc) is 2.75. The van der Waals surface area contributed by atoms with Crippen LogP contribution in [0.15, 0.2) is 63.6 Å². The van der Waals surface area contributed by atoms with Crippen LogP contribution >= 0.6 is 22.6 Å². The van der Waals surface area contributed by atoms with Crippen LogP contribution in [0.1, 0.15) is 0 Å². The summed E-state index contributed by atoms with van der Waals surface area (Å²) in [7, 11) is 1.85. The molecule has 0 saturated heterocycles. The van der Waals surface area contributed by atoms with E-state index in [-0.39, 0.29) is 5.88 Å². The van der Waals surface area contributed by atoms with Gasteiger partial charge >= 0.3 is 0 Å². The maximum atomic E-state index is 10.1. The summed E-state index contributed by atoms with van der Waals surface area (Å²) in [5, 5.41) is 10.1. The third kappa shape index (κ3) is 2.14. The maximum Gasteiger partial charge on any atom is 0.199 e. The van der Waals surface area contributed by atoms with Crippen LogP contribution in [0.3, 0.4) is 0 Å². The van der Waals surface area contributed by atoms with Gasteiger partial charge in [-0.2, -0.15) is 0 Å². The molecule has 0 saturated carbocycles. The zero-order valence-electron chi connectivity index (χ0n) is 8.89. The number of aliphatic hydroxyl groups excluding tert-OH is 1. The molecule has 0 atom stereocenters. The molecule has 3 heteroatoms. The Bertz CT molecular complexity index is 474. The van der Waals surface area contributed by atoms with E-state index in [9.17, 15) is 5.11 Å². The minimum atomic E-state index is 0.278. The van der Waals surface area contributed by atoms with Gasteiger partial charge in [0.25, 0.3) is 0 Å². The van der Waals surface area contributed by atoms with Gasteiger partial charge in [-0.15, -0.1) is 0 Å². The smallest absolute Gasteiger partial charge is 0.199 e. The quantitative estimate of drug-likeness (QED) is 0.661. The minimum Gasteiger partial charge on any atom is -0.494 e. The van der Waals surface area contributed by atoms with Crippen LogP contribution < -0.4 is 4.90 Å². The fourth-order valence-corrected chi connectivity index (χ4v) is 2.16. The summed E-state index contributed by atoms with van der Waals surface area (Å²) >= 11 is 2.22. The van der Waals surface area contributed by atoms with Gasteiger partial charge in [0.15, 0.2) is 5.88 Å². The number of para-hydroxylation sites is 1. The molecule has 0 unspecified atom stereocenters. The summed E-state index contributed by atoms with van der Waals surface area (Å²) in [4.78, 5) is 1.78. The second-order valence-corrected chi connectivity index (χ2v) is 4.67. The van der Waals surface area contributed by atoms with Gasteiger partial charge in [-0.25, -0.2) is 0 Å². The van der Waals surface area contributed by atoms with Gasteiger partial charge in [-0.1, -0.05) is 24.3 Å². The molecule has 2 rings (SSSR count). The van der Waals surface area contributed by atoms with E-state index in [2.05, 4.69) is 22.6 Å². The largest absolute Gasteiger partial charge is 0.494 e. The molecule has 0 fully saturated rings. The number of anilines is 1. The standard InChI is InChI=1S/C13H12INO/c1-15(10-6-3-2-4-7-10)13(16)11-8-5-9-12(11)14/h2-9,16H,1H3/b13-11+. The van der Waals surface area contributed by atoms with Crippen molar-refractivity contribution >= 4 is 28.3 Å². The topological polar surface area (TPSA) is 23.5 Å². The van der Waals surface area contributed by atoms with E-state index in [4.69, 9.17) is 0 Å². The Morgan fingerprint density at radius 1 is 1.25 bits per heavy atom. The maximum absolute atomic E-state index is 10.1. The lowest BCUT2D eigenvalue weighted by atomic mass is 10.2. The molecule has 1 N–H and O–H groups in total. The molecule has 16 heavy (non-hydrogen) atoms. The molecule has 1 aromatic carbocycles. The number of allylic oxidation sites excluding steroid dienone is 5. The highest BCUT2D eigenvalue weighted by Crippen LogP contribution is 2.29. The van der Waals surface area contributed by atoms with Crippen molar-refractivity contribution in [2.45, 2.75) is 0 Å². The molecule has 1 aromatic rings. The Morgan fingerprint density at radius 2 is 1.94 bits per heavy atom. The Kier molecular flexibility index (Phi) is 3.33. The number of halogens is 1. The summed E-state index contributed by atoms with van der Waals surface area (Å²) in [6.07, 6.45) is 5.83. The highest BCUT2D eigenvalue weighted by atomic mass is 127. The van der Waals surface area contributed by atoms with Crippen molar-refractivity contribution in [1.82, 2.24) is 0 Å². The number of benzene rings is 1. The molecule has 1 aliphatic rings. The fourth-order valence-electron chi connectivity index (χ4n) is 1.53. The Morgan fingerprint density at radius 3 is 2.50 bits per heavy atom. The molecular weight excluding hydrogens is 313 g/mol. The van der Waals surface area contributed by atoms with Crippen molar-refractivity contribution in [3.8, 4) is 0 Å². The lowest BCUT2D eigenvalue weighted by Crippen LogP contribution is -2.17. The molecule has 0 bridgehead atoms. The van der Waals surface area contributed by atoms with Crippen LogP contribution in [0.4, 0.5) is 5.69 Å². The predicted molar refractivity (Wildman–Crippen MR) is 75.7 cm³/mol. The van der Waals surface area contributed by atoms with E-state index < -0.39 is 0 Å². The first-order chi connectivity index (χ1) is 7.70. The zero-order valence-corrected chi connectivity index (χ0v) is 11.0. The molecule has 0 spiro atoms. The van der Waals surface area contributed by atoms with Crippen LogP contribution in [0.5, 0.6) is 0 Å². The molecule has 82 valence electrons. The van der Waals surface area contributed by atoms with Gasteiger partial charge in [0.05, 0.1) is 0 Å². The third-order valence-corrected chi connectivity index (χ3v) is 3.41. The third-order valence-electron chi connectivity index (χ3n) is 2.46. The van der Waals surface area contributed by atoms with E-state index >= 15 is 0 Å². The highest BCUT2D eigenvalue weighted by Gasteiger charge is 2.14. The van der Waals surface area contributed by atoms with Crippen molar-refractivity contribution in [2.24, 2.45) is 0 Å². The SMILES string of the molecule is CN(/C(O)=C1/C=CC=C1I)c1ccccc1. The molecule has 0 aliphatic heterocycles. The zero-order chi connectivity index (χ0) is 11.5. The van der Waals surface area contributed by atoms with Gasteiger partial charge < -0.3 is 10.0 Å². The number of rotatable bonds is 2. The Labute approximate surface area is 109 Å². The summed E-state index contributed by atoms with van der Waals surface area (Å²) in [6, 6.07) is 9.79. The van der Waals surface area contributed by atoms with Gasteiger partial charge in [-0.3, -0.25) is 0 Å².